The second kappa shape index (κ2) is 17.3. The number of allylic oxidation sites excluding steroid dienone is 2. The second-order valence-corrected chi connectivity index (χ2v) is 14.4. The van der Waals surface area contributed by atoms with Crippen LogP contribution in [-0.2, 0) is 26.2 Å². The van der Waals surface area contributed by atoms with Crippen LogP contribution in [0.25, 0.3) is 44.6 Å². The van der Waals surface area contributed by atoms with Crippen molar-refractivity contribution >= 4 is 62.9 Å². The molecule has 61 heavy (non-hydrogen) atoms. The van der Waals surface area contributed by atoms with Crippen LogP contribution in [0.1, 0.15) is 69.3 Å². The van der Waals surface area contributed by atoms with E-state index >= 15 is 0 Å². The predicted octanol–water partition coefficient (Wildman–Crippen LogP) is 4.52. The minimum Gasteiger partial charge on any atom is -0.491 e. The highest BCUT2D eigenvalue weighted by Gasteiger charge is 2.22. The van der Waals surface area contributed by atoms with Crippen LogP contribution in [0.3, 0.4) is 0 Å². The Morgan fingerprint density at radius 3 is 2.23 bits per heavy atom. The van der Waals surface area contributed by atoms with Crippen molar-refractivity contribution in [1.29, 1.82) is 0 Å². The Morgan fingerprint density at radius 2 is 1.52 bits per heavy atom. The fourth-order valence-corrected chi connectivity index (χ4v) is 7.12. The number of carboxylic acid groups (broad SMARTS) is 1. The molecule has 0 saturated carbocycles. The topological polar surface area (TPSA) is 262 Å². The van der Waals surface area contributed by atoms with Crippen molar-refractivity contribution in [2.75, 3.05) is 25.5 Å². The molecule has 4 amide bonds. The maximum Gasteiger partial charge on any atom is 0.407 e. The summed E-state index contributed by atoms with van der Waals surface area (Å²) >= 11 is 0. The lowest BCUT2D eigenvalue weighted by Crippen LogP contribution is -2.25. The summed E-state index contributed by atoms with van der Waals surface area (Å²) in [6, 6.07) is 8.43. The highest BCUT2D eigenvalue weighted by atomic mass is 16.5. The van der Waals surface area contributed by atoms with Gasteiger partial charge in [0.1, 0.15) is 28.3 Å². The maximum absolute atomic E-state index is 13.6. The fourth-order valence-electron chi connectivity index (χ4n) is 7.12. The first-order valence-electron chi connectivity index (χ1n) is 19.7. The molecule has 0 spiro atoms. The molecule has 0 unspecified atom stereocenters. The van der Waals surface area contributed by atoms with Gasteiger partial charge in [0, 0.05) is 68.5 Å². The summed E-state index contributed by atoms with van der Waals surface area (Å²) in [6.07, 6.45) is 6.95. The van der Waals surface area contributed by atoms with Gasteiger partial charge in [0.2, 0.25) is 17.8 Å². The van der Waals surface area contributed by atoms with Crippen LogP contribution >= 0.6 is 0 Å². The number of amides is 4. The Hall–Kier alpha value is -7.64. The number of nitrogens with zero attached hydrogens (tertiary/aromatic N) is 11. The molecule has 6 N–H and O–H groups in total. The number of fused-ring (bicyclic) bond motifs is 4. The number of rotatable bonds is 17. The fraction of sp³-hybridized carbons (Fsp3) is 0.317. The van der Waals surface area contributed by atoms with E-state index < -0.39 is 23.8 Å². The molecular weight excluding hydrogens is 785 g/mol. The van der Waals surface area contributed by atoms with Gasteiger partial charge >= 0.3 is 6.09 Å². The highest BCUT2D eigenvalue weighted by Crippen LogP contribution is 2.36. The molecule has 7 rings (SSSR count). The van der Waals surface area contributed by atoms with Crippen molar-refractivity contribution in [1.82, 2.24) is 53.5 Å². The van der Waals surface area contributed by atoms with E-state index in [0.29, 0.717) is 88.5 Å². The number of ether oxygens (including phenoxy) is 1. The van der Waals surface area contributed by atoms with E-state index in [1.54, 1.807) is 40.6 Å². The number of carbonyl (C=O) groups is 4. The zero-order valence-electron chi connectivity index (χ0n) is 34.4. The molecule has 316 valence electrons. The van der Waals surface area contributed by atoms with E-state index in [1.807, 2.05) is 48.2 Å². The molecule has 1 aromatic carbocycles. The van der Waals surface area contributed by atoms with Gasteiger partial charge in [0.25, 0.3) is 5.91 Å². The molecular formula is C41H46N14O6. The van der Waals surface area contributed by atoms with Crippen LogP contribution in [0.15, 0.2) is 54.9 Å². The standard InChI is InChI=1S/C41H46N14O6/c1-6-54-30(16-23(3)49-54)36-44-22-28-27-18-25(34(42)56)20-32(61-15-11-10-12-51(5)41(59)60)33(27)52(37(28)47-36)13-8-9-14-53-38-29(19-26(21-45-38)35(43)57)46-40(53)48-39(58)31-17-24(4)50-55(31)7-2/h8-9,16-22H,6-7,10-15H2,1-5H3,(H2,42,56)(H2,43,57)(H,59,60)(H,46,48,58)/b9-8+. The number of aryl methyl sites for hydroxylation is 4. The van der Waals surface area contributed by atoms with E-state index in [4.69, 9.17) is 26.2 Å². The Balaban J connectivity index is 1.28. The summed E-state index contributed by atoms with van der Waals surface area (Å²) in [6.45, 7) is 9.69. The molecule has 0 atom stereocenters. The molecule has 20 nitrogen and oxygen atoms in total. The predicted molar refractivity (Wildman–Crippen MR) is 226 cm³/mol. The summed E-state index contributed by atoms with van der Waals surface area (Å²) in [5.74, 6) is -0.689. The molecule has 0 saturated heterocycles. The Labute approximate surface area is 348 Å². The number of benzene rings is 1. The van der Waals surface area contributed by atoms with Crippen LogP contribution in [0.5, 0.6) is 5.75 Å². The van der Waals surface area contributed by atoms with Crippen molar-refractivity contribution in [2.45, 2.75) is 66.7 Å². The van der Waals surface area contributed by atoms with Gasteiger partial charge in [0.15, 0.2) is 11.5 Å². The summed E-state index contributed by atoms with van der Waals surface area (Å²) in [4.78, 5) is 69.6. The van der Waals surface area contributed by atoms with Crippen molar-refractivity contribution < 1.29 is 29.0 Å². The maximum atomic E-state index is 13.6. The average molecular weight is 831 g/mol. The van der Waals surface area contributed by atoms with Crippen LogP contribution in [0.4, 0.5) is 10.7 Å². The molecule has 20 heteroatoms. The third-order valence-electron chi connectivity index (χ3n) is 10.1. The smallest absolute Gasteiger partial charge is 0.407 e. The van der Waals surface area contributed by atoms with Gasteiger partial charge in [-0.15, -0.1) is 0 Å². The number of anilines is 1. The molecule has 6 aromatic heterocycles. The second-order valence-electron chi connectivity index (χ2n) is 14.4. The van der Waals surface area contributed by atoms with E-state index in [1.165, 1.54) is 24.2 Å². The number of primary amides is 2. The monoisotopic (exact) mass is 830 g/mol. The Morgan fingerprint density at radius 1 is 0.820 bits per heavy atom. The van der Waals surface area contributed by atoms with Crippen molar-refractivity contribution in [3.63, 3.8) is 0 Å². The molecule has 0 bridgehead atoms. The number of carbonyl (C=O) groups excluding carboxylic acids is 3. The number of imidazole rings is 1. The number of unbranched alkanes of at least 4 members (excludes halogenated alkanes) is 1. The van der Waals surface area contributed by atoms with E-state index in [0.717, 1.165) is 11.4 Å². The molecule has 0 aliphatic rings. The quantitative estimate of drug-likeness (QED) is 0.0729. The number of hydrogen-bond donors (Lipinski definition) is 4. The average Bonchev–Trinajstić information content (AvgIpc) is 3.99. The van der Waals surface area contributed by atoms with E-state index in [2.05, 4.69) is 25.5 Å². The first kappa shape index (κ1) is 41.5. The zero-order valence-corrected chi connectivity index (χ0v) is 34.4. The molecule has 0 aliphatic carbocycles. The highest BCUT2D eigenvalue weighted by molar-refractivity contribution is 6.12. The van der Waals surface area contributed by atoms with Crippen molar-refractivity contribution in [2.24, 2.45) is 11.5 Å². The van der Waals surface area contributed by atoms with Crippen LogP contribution in [0, 0.1) is 13.8 Å². The number of hydrogen-bond acceptors (Lipinski definition) is 11. The number of aromatic nitrogens is 10. The number of pyridine rings is 1. The van der Waals surface area contributed by atoms with Gasteiger partial charge in [-0.1, -0.05) is 12.2 Å². The first-order valence-corrected chi connectivity index (χ1v) is 19.7. The Bertz CT molecular complexity index is 2870. The normalized spacial score (nSPS) is 11.6. The molecule has 0 aliphatic heterocycles. The Kier molecular flexibility index (Phi) is 11.8. The van der Waals surface area contributed by atoms with Gasteiger partial charge in [-0.3, -0.25) is 33.6 Å². The van der Waals surface area contributed by atoms with E-state index in [9.17, 15) is 24.3 Å². The third kappa shape index (κ3) is 8.45. The minimum absolute atomic E-state index is 0.167. The lowest BCUT2D eigenvalue weighted by Gasteiger charge is -2.14. The van der Waals surface area contributed by atoms with Gasteiger partial charge in [0.05, 0.1) is 29.1 Å². The zero-order chi connectivity index (χ0) is 43.5. The van der Waals surface area contributed by atoms with Gasteiger partial charge < -0.3 is 30.8 Å². The summed E-state index contributed by atoms with van der Waals surface area (Å²) < 4.78 is 13.4. The molecule has 0 radical (unpaired) electrons. The van der Waals surface area contributed by atoms with Gasteiger partial charge in [-0.25, -0.2) is 24.7 Å². The first-order chi connectivity index (χ1) is 29.3. The third-order valence-corrected chi connectivity index (χ3v) is 10.1. The van der Waals surface area contributed by atoms with Gasteiger partial charge in [-0.2, -0.15) is 10.2 Å². The largest absolute Gasteiger partial charge is 0.491 e. The van der Waals surface area contributed by atoms with Crippen LogP contribution in [0.2, 0.25) is 0 Å². The SMILES string of the molecule is CCn1nc(C)cc1C(=O)Nc1nc2cc(C(N)=O)cnc2n1C/C=C/Cn1c2nc(-c3cc(C)nn3CC)ncc2c2cc(C(N)=O)cc(OCCCCN(C)C(=O)O)c21. The van der Waals surface area contributed by atoms with Crippen LogP contribution < -0.4 is 21.5 Å². The van der Waals surface area contributed by atoms with E-state index in [-0.39, 0.29) is 36.8 Å². The van der Waals surface area contributed by atoms with Gasteiger partial charge in [-0.05, 0) is 70.9 Å². The number of nitrogens with two attached hydrogens (primary N) is 2. The minimum atomic E-state index is -1.02. The van der Waals surface area contributed by atoms with Crippen molar-refractivity contribution in [3.8, 4) is 17.3 Å². The lowest BCUT2D eigenvalue weighted by molar-refractivity contribution is 0.0991. The molecule has 0 fully saturated rings. The summed E-state index contributed by atoms with van der Waals surface area (Å²) in [5.41, 5.74) is 16.3. The lowest BCUT2D eigenvalue weighted by atomic mass is 10.1. The van der Waals surface area contributed by atoms with Crippen molar-refractivity contribution in [3.05, 3.63) is 83.1 Å². The number of nitrogens with one attached hydrogen (secondary N) is 1. The molecule has 7 aromatic rings. The summed E-state index contributed by atoms with van der Waals surface area (Å²) in [5, 5.41) is 22.4. The van der Waals surface area contributed by atoms with Crippen LogP contribution in [-0.4, -0.2) is 103 Å². The summed E-state index contributed by atoms with van der Waals surface area (Å²) in [7, 11) is 1.51. The molecule has 6 heterocycles.